The average Bonchev–Trinajstić information content (AvgIpc) is 3.15. The normalized spacial score (nSPS) is 17.6. The fraction of sp³-hybridized carbons (Fsp3) is 0.412. The molecule has 0 saturated carbocycles. The van der Waals surface area contributed by atoms with E-state index in [1.54, 1.807) is 18.2 Å². The van der Waals surface area contributed by atoms with E-state index in [-0.39, 0.29) is 23.2 Å². The maximum absolute atomic E-state index is 12.2. The van der Waals surface area contributed by atoms with E-state index in [1.807, 2.05) is 13.8 Å². The van der Waals surface area contributed by atoms with Crippen LogP contribution in [-0.4, -0.2) is 36.4 Å². The maximum atomic E-state index is 12.2. The van der Waals surface area contributed by atoms with Gasteiger partial charge < -0.3 is 9.26 Å². The van der Waals surface area contributed by atoms with Crippen LogP contribution in [0.1, 0.15) is 38.0 Å². The van der Waals surface area contributed by atoms with E-state index in [0.29, 0.717) is 23.7 Å². The SMILES string of the molecule is CC(C)Cc1noc(COC(=O)[C@H](C)N=C2NS(=O)(=O)c3ccccc32)n1. The Labute approximate surface area is 156 Å². The van der Waals surface area contributed by atoms with Gasteiger partial charge in [0.05, 0.1) is 4.90 Å². The van der Waals surface area contributed by atoms with Gasteiger partial charge in [0.2, 0.25) is 0 Å². The number of ether oxygens (including phenoxy) is 1. The van der Waals surface area contributed by atoms with E-state index in [9.17, 15) is 13.2 Å². The van der Waals surface area contributed by atoms with Gasteiger partial charge >= 0.3 is 5.97 Å². The fourth-order valence-electron chi connectivity index (χ4n) is 2.53. The number of amidine groups is 1. The number of aliphatic imine (C=N–C) groups is 1. The number of esters is 1. The highest BCUT2D eigenvalue weighted by Gasteiger charge is 2.31. The lowest BCUT2D eigenvalue weighted by Gasteiger charge is -2.07. The lowest BCUT2D eigenvalue weighted by atomic mass is 10.1. The van der Waals surface area contributed by atoms with Crippen LogP contribution in [0.4, 0.5) is 0 Å². The lowest BCUT2D eigenvalue weighted by molar-refractivity contribution is -0.146. The minimum absolute atomic E-state index is 0.118. The van der Waals surface area contributed by atoms with Crippen molar-refractivity contribution in [2.75, 3.05) is 0 Å². The van der Waals surface area contributed by atoms with Gasteiger partial charge in [0.1, 0.15) is 11.9 Å². The molecule has 0 aliphatic carbocycles. The Balaban J connectivity index is 1.65. The summed E-state index contributed by atoms with van der Waals surface area (Å²) in [5, 5.41) is 3.82. The molecule has 0 fully saturated rings. The first kappa shape index (κ1) is 19.0. The van der Waals surface area contributed by atoms with Gasteiger partial charge in [-0.1, -0.05) is 31.1 Å². The van der Waals surface area contributed by atoms with Crippen molar-refractivity contribution in [3.05, 3.63) is 41.5 Å². The molecule has 1 N–H and O–H groups in total. The molecule has 1 aromatic heterocycles. The zero-order valence-electron chi connectivity index (χ0n) is 15.2. The third-order valence-corrected chi connectivity index (χ3v) is 5.16. The average molecular weight is 392 g/mol. The van der Waals surface area contributed by atoms with Crippen molar-refractivity contribution >= 4 is 21.8 Å². The van der Waals surface area contributed by atoms with Crippen molar-refractivity contribution < 1.29 is 22.5 Å². The molecule has 0 radical (unpaired) electrons. The number of benzene rings is 1. The van der Waals surface area contributed by atoms with Crippen LogP contribution in [0.15, 0.2) is 38.7 Å². The summed E-state index contributed by atoms with van der Waals surface area (Å²) in [7, 11) is -3.65. The van der Waals surface area contributed by atoms with Gasteiger partial charge in [0, 0.05) is 12.0 Å². The first-order valence-electron chi connectivity index (χ1n) is 8.44. The summed E-state index contributed by atoms with van der Waals surface area (Å²) in [6.45, 7) is 5.42. The zero-order chi connectivity index (χ0) is 19.6. The second kappa shape index (κ2) is 7.47. The molecular formula is C17H20N4O5S. The van der Waals surface area contributed by atoms with E-state index in [2.05, 4.69) is 19.9 Å². The van der Waals surface area contributed by atoms with Gasteiger partial charge in [-0.25, -0.2) is 13.2 Å². The summed E-state index contributed by atoms with van der Waals surface area (Å²) in [4.78, 5) is 20.6. The number of carbonyl (C=O) groups is 1. The van der Waals surface area contributed by atoms with Crippen LogP contribution in [-0.2, 0) is 32.6 Å². The molecule has 2 heterocycles. The molecule has 27 heavy (non-hydrogen) atoms. The van der Waals surface area contributed by atoms with E-state index in [1.165, 1.54) is 13.0 Å². The molecule has 2 aromatic rings. The number of carbonyl (C=O) groups excluding carboxylic acids is 1. The van der Waals surface area contributed by atoms with Crippen LogP contribution >= 0.6 is 0 Å². The van der Waals surface area contributed by atoms with Gasteiger partial charge in [-0.3, -0.25) is 9.71 Å². The molecule has 0 saturated heterocycles. The van der Waals surface area contributed by atoms with Gasteiger partial charge in [-0.2, -0.15) is 4.98 Å². The quantitative estimate of drug-likeness (QED) is 0.738. The van der Waals surface area contributed by atoms with E-state index < -0.39 is 22.0 Å². The number of nitrogens with one attached hydrogen (secondary N) is 1. The number of sulfonamides is 1. The molecule has 144 valence electrons. The van der Waals surface area contributed by atoms with Crippen LogP contribution in [0.25, 0.3) is 0 Å². The minimum atomic E-state index is -3.65. The van der Waals surface area contributed by atoms with Crippen LogP contribution < -0.4 is 4.72 Å². The van der Waals surface area contributed by atoms with Gasteiger partial charge in [0.15, 0.2) is 12.4 Å². The van der Waals surface area contributed by atoms with Crippen LogP contribution in [0.2, 0.25) is 0 Å². The Hall–Kier alpha value is -2.75. The van der Waals surface area contributed by atoms with Crippen molar-refractivity contribution in [1.29, 1.82) is 0 Å². The highest BCUT2D eigenvalue weighted by Crippen LogP contribution is 2.22. The second-order valence-electron chi connectivity index (χ2n) is 6.57. The number of fused-ring (bicyclic) bond motifs is 1. The van der Waals surface area contributed by atoms with Gasteiger partial charge in [0.25, 0.3) is 15.9 Å². The van der Waals surface area contributed by atoms with E-state index in [0.717, 1.165) is 0 Å². The smallest absolute Gasteiger partial charge is 0.331 e. The molecular weight excluding hydrogens is 372 g/mol. The molecule has 0 spiro atoms. The van der Waals surface area contributed by atoms with Crippen LogP contribution in [0.5, 0.6) is 0 Å². The summed E-state index contributed by atoms with van der Waals surface area (Å²) in [5.41, 5.74) is 0.423. The zero-order valence-corrected chi connectivity index (χ0v) is 16.0. The summed E-state index contributed by atoms with van der Waals surface area (Å²) in [6.07, 6.45) is 0.668. The Morgan fingerprint density at radius 3 is 2.78 bits per heavy atom. The van der Waals surface area contributed by atoms with Gasteiger partial charge in [-0.05, 0) is 25.0 Å². The summed E-state index contributed by atoms with van der Waals surface area (Å²) >= 11 is 0. The first-order chi connectivity index (χ1) is 12.8. The highest BCUT2D eigenvalue weighted by molar-refractivity contribution is 7.90. The number of hydrogen-bond donors (Lipinski definition) is 1. The van der Waals surface area contributed by atoms with Crippen molar-refractivity contribution in [2.45, 2.75) is 44.7 Å². The van der Waals surface area contributed by atoms with Crippen molar-refractivity contribution in [2.24, 2.45) is 10.9 Å². The Morgan fingerprint density at radius 2 is 2.04 bits per heavy atom. The van der Waals surface area contributed by atoms with E-state index in [4.69, 9.17) is 9.26 Å². The third kappa shape index (κ3) is 4.33. The Kier molecular flexibility index (Phi) is 5.26. The molecule has 0 unspecified atom stereocenters. The second-order valence-corrected chi connectivity index (χ2v) is 8.22. The number of nitrogens with zero attached hydrogens (tertiary/aromatic N) is 3. The van der Waals surface area contributed by atoms with Crippen molar-refractivity contribution in [3.63, 3.8) is 0 Å². The topological polar surface area (TPSA) is 124 Å². The van der Waals surface area contributed by atoms with Crippen molar-refractivity contribution in [3.8, 4) is 0 Å². The molecule has 0 amide bonds. The third-order valence-electron chi connectivity index (χ3n) is 3.77. The summed E-state index contributed by atoms with van der Waals surface area (Å²) < 4.78 is 36.7. The molecule has 9 nitrogen and oxygen atoms in total. The minimum Gasteiger partial charge on any atom is -0.454 e. The molecule has 1 aliphatic rings. The monoisotopic (exact) mass is 392 g/mol. The fourth-order valence-corrected chi connectivity index (χ4v) is 3.77. The molecule has 3 rings (SSSR count). The number of hydrogen-bond acceptors (Lipinski definition) is 8. The molecule has 1 atom stereocenters. The lowest BCUT2D eigenvalue weighted by Crippen LogP contribution is -2.26. The highest BCUT2D eigenvalue weighted by atomic mass is 32.2. The molecule has 0 bridgehead atoms. The summed E-state index contributed by atoms with van der Waals surface area (Å²) in [5.74, 6) is 0.626. The molecule has 1 aromatic carbocycles. The predicted molar refractivity (Wildman–Crippen MR) is 95.4 cm³/mol. The maximum Gasteiger partial charge on any atom is 0.331 e. The first-order valence-corrected chi connectivity index (χ1v) is 9.92. The van der Waals surface area contributed by atoms with E-state index >= 15 is 0 Å². The molecule has 1 aliphatic heterocycles. The van der Waals surface area contributed by atoms with Crippen molar-refractivity contribution in [1.82, 2.24) is 14.9 Å². The van der Waals surface area contributed by atoms with Gasteiger partial charge in [-0.15, -0.1) is 0 Å². The standard InChI is InChI=1S/C17H20N4O5S/c1-10(2)8-14-19-15(26-20-14)9-25-17(22)11(3)18-16-12-6-4-5-7-13(12)27(23,24)21-16/h4-7,10-11H,8-9H2,1-3H3,(H,18,21)/t11-/m0/s1. The Morgan fingerprint density at radius 1 is 1.30 bits per heavy atom. The number of rotatable bonds is 6. The Bertz CT molecular complexity index is 981. The largest absolute Gasteiger partial charge is 0.454 e. The molecule has 10 heteroatoms. The van der Waals surface area contributed by atoms with Crippen LogP contribution in [0.3, 0.4) is 0 Å². The predicted octanol–water partition coefficient (Wildman–Crippen LogP) is 1.44. The van der Waals surface area contributed by atoms with Crippen LogP contribution in [0, 0.1) is 5.92 Å². The number of aromatic nitrogens is 2. The summed E-state index contributed by atoms with van der Waals surface area (Å²) in [6, 6.07) is 5.51.